The smallest absolute Gasteiger partial charge is 0.264 e. The van der Waals surface area contributed by atoms with Crippen LogP contribution in [0.2, 0.25) is 0 Å². The second kappa shape index (κ2) is 3.79. The molecule has 82 valence electrons. The topological polar surface area (TPSA) is 46.6 Å². The Morgan fingerprint density at radius 3 is 2.79 bits per heavy atom. The van der Waals surface area contributed by atoms with E-state index in [9.17, 15) is 8.42 Å². The summed E-state index contributed by atoms with van der Waals surface area (Å²) in [6.45, 7) is 2.17. The molecule has 0 aromatic carbocycles. The molecule has 14 heavy (non-hydrogen) atoms. The SMILES string of the molecule is CS(=O)(=O)OC1CCN2CCCC2C1. The summed E-state index contributed by atoms with van der Waals surface area (Å²) in [7, 11) is -3.27. The molecular weight excluding hydrogens is 202 g/mol. The molecule has 0 saturated carbocycles. The Kier molecular flexibility index (Phi) is 2.81. The molecule has 0 spiro atoms. The zero-order valence-electron chi connectivity index (χ0n) is 8.48. The van der Waals surface area contributed by atoms with Crippen molar-refractivity contribution in [2.45, 2.75) is 37.8 Å². The first kappa shape index (κ1) is 10.4. The normalized spacial score (nSPS) is 34.4. The highest BCUT2D eigenvalue weighted by atomic mass is 32.2. The lowest BCUT2D eigenvalue weighted by molar-refractivity contribution is 0.0840. The maximum Gasteiger partial charge on any atom is 0.264 e. The molecule has 4 nitrogen and oxygen atoms in total. The minimum absolute atomic E-state index is 0.0793. The summed E-state index contributed by atoms with van der Waals surface area (Å²) < 4.78 is 26.9. The standard InChI is InChI=1S/C9H17NO3S/c1-14(11,12)13-9-4-6-10-5-2-3-8(10)7-9/h8-9H,2-7H2,1H3. The molecule has 2 atom stereocenters. The first-order valence-electron chi connectivity index (χ1n) is 5.17. The fourth-order valence-electron chi connectivity index (χ4n) is 2.52. The molecule has 5 heteroatoms. The quantitative estimate of drug-likeness (QED) is 0.638. The summed E-state index contributed by atoms with van der Waals surface area (Å²) in [5.41, 5.74) is 0. The highest BCUT2D eigenvalue weighted by molar-refractivity contribution is 7.86. The fraction of sp³-hybridized carbons (Fsp3) is 1.00. The van der Waals surface area contributed by atoms with Crippen LogP contribution in [-0.4, -0.2) is 44.8 Å². The Labute approximate surface area is 85.4 Å². The zero-order valence-corrected chi connectivity index (χ0v) is 9.29. The summed E-state index contributed by atoms with van der Waals surface area (Å²) >= 11 is 0. The molecule has 2 fully saturated rings. The molecule has 0 N–H and O–H groups in total. The average Bonchev–Trinajstić information content (AvgIpc) is 2.47. The van der Waals surface area contributed by atoms with Crippen LogP contribution >= 0.6 is 0 Å². The lowest BCUT2D eigenvalue weighted by Crippen LogP contribution is -2.41. The second-order valence-corrected chi connectivity index (χ2v) is 5.88. The number of fused-ring (bicyclic) bond motifs is 1. The van der Waals surface area contributed by atoms with Crippen molar-refractivity contribution in [3.05, 3.63) is 0 Å². The Balaban J connectivity index is 1.91. The van der Waals surface area contributed by atoms with Gasteiger partial charge in [0.15, 0.2) is 0 Å². The number of nitrogens with zero attached hydrogens (tertiary/aromatic N) is 1. The Hall–Kier alpha value is -0.130. The van der Waals surface area contributed by atoms with E-state index in [4.69, 9.17) is 4.18 Å². The lowest BCUT2D eigenvalue weighted by Gasteiger charge is -2.33. The van der Waals surface area contributed by atoms with Crippen molar-refractivity contribution in [1.29, 1.82) is 0 Å². The third-order valence-corrected chi connectivity index (χ3v) is 3.70. The van der Waals surface area contributed by atoms with Gasteiger partial charge in [-0.05, 0) is 32.2 Å². The first-order chi connectivity index (χ1) is 6.54. The summed E-state index contributed by atoms with van der Waals surface area (Å²) in [4.78, 5) is 2.45. The monoisotopic (exact) mass is 219 g/mol. The van der Waals surface area contributed by atoms with E-state index in [2.05, 4.69) is 4.90 Å². The highest BCUT2D eigenvalue weighted by Crippen LogP contribution is 2.28. The molecule has 2 saturated heterocycles. The van der Waals surface area contributed by atoms with E-state index in [1.54, 1.807) is 0 Å². The van der Waals surface area contributed by atoms with Crippen LogP contribution in [-0.2, 0) is 14.3 Å². The molecule has 0 radical (unpaired) electrons. The van der Waals surface area contributed by atoms with Crippen LogP contribution in [0.3, 0.4) is 0 Å². The van der Waals surface area contributed by atoms with Gasteiger partial charge in [0.2, 0.25) is 0 Å². The van der Waals surface area contributed by atoms with Crippen LogP contribution in [0.25, 0.3) is 0 Å². The van der Waals surface area contributed by atoms with Crippen LogP contribution in [0, 0.1) is 0 Å². The molecule has 0 bridgehead atoms. The molecule has 2 heterocycles. The molecule has 2 unspecified atom stereocenters. The van der Waals surface area contributed by atoms with Gasteiger partial charge in [-0.2, -0.15) is 8.42 Å². The zero-order chi connectivity index (χ0) is 10.2. The molecule has 0 aromatic rings. The Bertz CT molecular complexity index is 301. The molecular formula is C9H17NO3S. The van der Waals surface area contributed by atoms with Gasteiger partial charge < -0.3 is 4.90 Å². The van der Waals surface area contributed by atoms with Crippen LogP contribution < -0.4 is 0 Å². The van der Waals surface area contributed by atoms with E-state index >= 15 is 0 Å². The van der Waals surface area contributed by atoms with Crippen molar-refractivity contribution >= 4 is 10.1 Å². The molecule has 2 aliphatic rings. The average molecular weight is 219 g/mol. The number of hydrogen-bond acceptors (Lipinski definition) is 4. The maximum absolute atomic E-state index is 11.0. The van der Waals surface area contributed by atoms with Crippen LogP contribution in [0.5, 0.6) is 0 Å². The van der Waals surface area contributed by atoms with E-state index in [1.807, 2.05) is 0 Å². The Morgan fingerprint density at radius 1 is 1.29 bits per heavy atom. The summed E-state index contributed by atoms with van der Waals surface area (Å²) in [6, 6.07) is 0.565. The van der Waals surface area contributed by atoms with Gasteiger partial charge >= 0.3 is 0 Å². The van der Waals surface area contributed by atoms with Crippen molar-refractivity contribution in [3.63, 3.8) is 0 Å². The van der Waals surface area contributed by atoms with Gasteiger partial charge in [0, 0.05) is 12.6 Å². The fourth-order valence-corrected chi connectivity index (χ4v) is 3.19. The van der Waals surface area contributed by atoms with E-state index in [0.29, 0.717) is 6.04 Å². The van der Waals surface area contributed by atoms with Gasteiger partial charge in [0.25, 0.3) is 10.1 Å². The van der Waals surface area contributed by atoms with Crippen molar-refractivity contribution in [1.82, 2.24) is 4.90 Å². The third-order valence-electron chi connectivity index (χ3n) is 3.08. The van der Waals surface area contributed by atoms with Gasteiger partial charge in [0.05, 0.1) is 12.4 Å². The highest BCUT2D eigenvalue weighted by Gasteiger charge is 2.33. The van der Waals surface area contributed by atoms with Crippen molar-refractivity contribution in [2.24, 2.45) is 0 Å². The van der Waals surface area contributed by atoms with Gasteiger partial charge in [-0.1, -0.05) is 0 Å². The van der Waals surface area contributed by atoms with Gasteiger partial charge in [-0.15, -0.1) is 0 Å². The van der Waals surface area contributed by atoms with E-state index in [-0.39, 0.29) is 6.10 Å². The first-order valence-corrected chi connectivity index (χ1v) is 6.98. The van der Waals surface area contributed by atoms with E-state index in [0.717, 1.165) is 25.6 Å². The van der Waals surface area contributed by atoms with E-state index < -0.39 is 10.1 Å². The van der Waals surface area contributed by atoms with Crippen molar-refractivity contribution in [2.75, 3.05) is 19.3 Å². The largest absolute Gasteiger partial charge is 0.300 e. The van der Waals surface area contributed by atoms with Gasteiger partial charge in [-0.3, -0.25) is 4.18 Å². The summed E-state index contributed by atoms with van der Waals surface area (Å²) in [6.07, 6.45) is 5.23. The molecule has 0 amide bonds. The predicted molar refractivity (Wildman–Crippen MR) is 53.5 cm³/mol. The third kappa shape index (κ3) is 2.46. The van der Waals surface area contributed by atoms with Crippen LogP contribution in [0.4, 0.5) is 0 Å². The minimum Gasteiger partial charge on any atom is -0.300 e. The Morgan fingerprint density at radius 2 is 2.07 bits per heavy atom. The number of piperidine rings is 1. The minimum atomic E-state index is -3.27. The maximum atomic E-state index is 11.0. The summed E-state index contributed by atoms with van der Waals surface area (Å²) in [5, 5.41) is 0. The molecule has 0 aliphatic carbocycles. The predicted octanol–water partition coefficient (Wildman–Crippen LogP) is 0.589. The molecule has 2 aliphatic heterocycles. The van der Waals surface area contributed by atoms with Crippen molar-refractivity contribution in [3.8, 4) is 0 Å². The number of rotatable bonds is 2. The van der Waals surface area contributed by atoms with Crippen LogP contribution in [0.1, 0.15) is 25.7 Å². The van der Waals surface area contributed by atoms with Gasteiger partial charge in [-0.25, -0.2) is 0 Å². The van der Waals surface area contributed by atoms with E-state index in [1.165, 1.54) is 19.4 Å². The van der Waals surface area contributed by atoms with Gasteiger partial charge in [0.1, 0.15) is 0 Å². The lowest BCUT2D eigenvalue weighted by atomic mass is 10.0. The van der Waals surface area contributed by atoms with Crippen LogP contribution in [0.15, 0.2) is 0 Å². The summed E-state index contributed by atoms with van der Waals surface area (Å²) in [5.74, 6) is 0. The number of hydrogen-bond donors (Lipinski definition) is 0. The molecule has 0 aromatic heterocycles. The van der Waals surface area contributed by atoms with Crippen molar-refractivity contribution < 1.29 is 12.6 Å². The second-order valence-electron chi connectivity index (χ2n) is 4.28. The molecule has 2 rings (SSSR count).